The molecule has 0 aliphatic rings. The zero-order chi connectivity index (χ0) is 18.9. The van der Waals surface area contributed by atoms with Crippen molar-refractivity contribution in [3.63, 3.8) is 0 Å². The number of benzene rings is 1. The van der Waals surface area contributed by atoms with Gasteiger partial charge in [0, 0.05) is 0 Å². The number of thiophene rings is 1. The first-order valence-corrected chi connectivity index (χ1v) is 8.65. The maximum atomic E-state index is 11.9. The topological polar surface area (TPSA) is 116 Å². The molecule has 0 bridgehead atoms. The van der Waals surface area contributed by atoms with Crippen molar-refractivity contribution in [2.45, 2.75) is 0 Å². The molecule has 8 nitrogen and oxygen atoms in total. The monoisotopic (exact) mass is 394 g/mol. The van der Waals surface area contributed by atoms with E-state index in [1.807, 2.05) is 0 Å². The fourth-order valence-electron chi connectivity index (χ4n) is 1.78. The summed E-state index contributed by atoms with van der Waals surface area (Å²) in [5, 5.41) is 6.74. The summed E-state index contributed by atoms with van der Waals surface area (Å²) in [6.45, 7) is -0.632. The standard InChI is InChI=1S/C16H15ClN4O4S/c17-11-5-2-1-4-10(11)15(24)21-20-14(23)9-18-13(22)8-19-16(25)12-6-3-7-26-12/h1-7H,8-9H2,(H,18,22)(H,19,25)(H,20,23)(H,21,24). The molecule has 0 saturated heterocycles. The largest absolute Gasteiger partial charge is 0.345 e. The molecule has 1 aromatic heterocycles. The summed E-state index contributed by atoms with van der Waals surface area (Å²) in [7, 11) is 0. The van der Waals surface area contributed by atoms with Crippen LogP contribution in [0, 0.1) is 0 Å². The van der Waals surface area contributed by atoms with Gasteiger partial charge in [-0.05, 0) is 23.6 Å². The summed E-state index contributed by atoms with van der Waals surface area (Å²) in [5.74, 6) is -2.13. The van der Waals surface area contributed by atoms with Gasteiger partial charge in [0.1, 0.15) is 0 Å². The Bertz CT molecular complexity index is 810. The lowest BCUT2D eigenvalue weighted by Gasteiger charge is -2.09. The highest BCUT2D eigenvalue weighted by Gasteiger charge is 2.12. The molecule has 0 atom stereocenters. The van der Waals surface area contributed by atoms with Gasteiger partial charge in [-0.25, -0.2) is 0 Å². The number of nitrogens with one attached hydrogen (secondary N) is 4. The van der Waals surface area contributed by atoms with Gasteiger partial charge >= 0.3 is 0 Å². The zero-order valence-electron chi connectivity index (χ0n) is 13.4. The van der Waals surface area contributed by atoms with Crippen molar-refractivity contribution in [2.75, 3.05) is 13.1 Å². The summed E-state index contributed by atoms with van der Waals surface area (Å²) in [5.41, 5.74) is 4.55. The Labute approximate surface area is 157 Å². The van der Waals surface area contributed by atoms with Crippen molar-refractivity contribution >= 4 is 46.6 Å². The van der Waals surface area contributed by atoms with E-state index in [-0.39, 0.29) is 29.6 Å². The first-order valence-electron chi connectivity index (χ1n) is 7.39. The molecule has 4 N–H and O–H groups in total. The third-order valence-electron chi connectivity index (χ3n) is 3.03. The van der Waals surface area contributed by atoms with E-state index in [0.29, 0.717) is 4.88 Å². The minimum absolute atomic E-state index is 0.204. The zero-order valence-corrected chi connectivity index (χ0v) is 14.9. The van der Waals surface area contributed by atoms with Crippen LogP contribution in [0.3, 0.4) is 0 Å². The number of hydrazine groups is 1. The van der Waals surface area contributed by atoms with E-state index in [2.05, 4.69) is 21.5 Å². The predicted molar refractivity (Wildman–Crippen MR) is 96.7 cm³/mol. The van der Waals surface area contributed by atoms with Crippen LogP contribution in [-0.4, -0.2) is 36.7 Å². The van der Waals surface area contributed by atoms with E-state index in [1.165, 1.54) is 17.4 Å². The first-order chi connectivity index (χ1) is 12.5. The molecule has 0 spiro atoms. The molecule has 0 aliphatic heterocycles. The summed E-state index contributed by atoms with van der Waals surface area (Å²) >= 11 is 7.12. The number of hydrogen-bond acceptors (Lipinski definition) is 5. The van der Waals surface area contributed by atoms with Gasteiger partial charge in [-0.1, -0.05) is 29.8 Å². The molecule has 10 heteroatoms. The van der Waals surface area contributed by atoms with Crippen LogP contribution in [0.4, 0.5) is 0 Å². The Morgan fingerprint density at radius 1 is 0.846 bits per heavy atom. The number of rotatable bonds is 6. The molecule has 1 aromatic carbocycles. The molecular weight excluding hydrogens is 380 g/mol. The third-order valence-corrected chi connectivity index (χ3v) is 4.23. The number of carbonyl (C=O) groups is 4. The van der Waals surface area contributed by atoms with Gasteiger partial charge in [0.25, 0.3) is 17.7 Å². The Morgan fingerprint density at radius 3 is 2.27 bits per heavy atom. The van der Waals surface area contributed by atoms with Crippen molar-refractivity contribution in [1.82, 2.24) is 21.5 Å². The minimum atomic E-state index is -0.636. The van der Waals surface area contributed by atoms with Gasteiger partial charge in [-0.3, -0.25) is 30.0 Å². The van der Waals surface area contributed by atoms with Crippen LogP contribution in [0.2, 0.25) is 5.02 Å². The van der Waals surface area contributed by atoms with Crippen LogP contribution in [0.15, 0.2) is 41.8 Å². The molecule has 1 heterocycles. The third kappa shape index (κ3) is 5.87. The SMILES string of the molecule is O=C(CNC(=O)c1cccs1)NCC(=O)NNC(=O)c1ccccc1Cl. The summed E-state index contributed by atoms with van der Waals surface area (Å²) < 4.78 is 0. The molecule has 0 aliphatic carbocycles. The van der Waals surface area contributed by atoms with E-state index in [0.717, 1.165) is 0 Å². The van der Waals surface area contributed by atoms with Crippen LogP contribution in [0.1, 0.15) is 20.0 Å². The maximum Gasteiger partial charge on any atom is 0.271 e. The van der Waals surface area contributed by atoms with Crippen molar-refractivity contribution < 1.29 is 19.2 Å². The van der Waals surface area contributed by atoms with E-state index in [9.17, 15) is 19.2 Å². The van der Waals surface area contributed by atoms with Crippen molar-refractivity contribution in [1.29, 1.82) is 0 Å². The lowest BCUT2D eigenvalue weighted by Crippen LogP contribution is -2.47. The number of halogens is 1. The average Bonchev–Trinajstić information content (AvgIpc) is 3.17. The van der Waals surface area contributed by atoms with E-state index >= 15 is 0 Å². The first kappa shape index (κ1) is 19.4. The smallest absolute Gasteiger partial charge is 0.271 e. The van der Waals surface area contributed by atoms with E-state index in [1.54, 1.807) is 35.7 Å². The highest BCUT2D eigenvalue weighted by Crippen LogP contribution is 2.14. The van der Waals surface area contributed by atoms with E-state index < -0.39 is 17.7 Å². The molecule has 2 aromatic rings. The molecule has 26 heavy (non-hydrogen) atoms. The number of carbonyl (C=O) groups excluding carboxylic acids is 4. The second kappa shape index (κ2) is 9.54. The minimum Gasteiger partial charge on any atom is -0.345 e. The molecule has 4 amide bonds. The fourth-order valence-corrected chi connectivity index (χ4v) is 2.64. The Hall–Kier alpha value is -2.91. The highest BCUT2D eigenvalue weighted by molar-refractivity contribution is 7.12. The summed E-state index contributed by atoms with van der Waals surface area (Å²) in [4.78, 5) is 47.3. The van der Waals surface area contributed by atoms with Gasteiger partial charge in [-0.15, -0.1) is 11.3 Å². The Morgan fingerprint density at radius 2 is 1.58 bits per heavy atom. The van der Waals surface area contributed by atoms with Crippen LogP contribution in [-0.2, 0) is 9.59 Å². The van der Waals surface area contributed by atoms with Crippen molar-refractivity contribution in [3.8, 4) is 0 Å². The highest BCUT2D eigenvalue weighted by atomic mass is 35.5. The molecular formula is C16H15ClN4O4S. The summed E-state index contributed by atoms with van der Waals surface area (Å²) in [6, 6.07) is 9.70. The number of hydrogen-bond donors (Lipinski definition) is 4. The molecule has 0 fully saturated rings. The molecule has 0 saturated carbocycles. The normalized spacial score (nSPS) is 9.88. The molecule has 136 valence electrons. The van der Waals surface area contributed by atoms with Crippen LogP contribution in [0.5, 0.6) is 0 Å². The predicted octanol–water partition coefficient (Wildman–Crippen LogP) is 0.709. The van der Waals surface area contributed by atoms with Gasteiger partial charge in [0.15, 0.2) is 0 Å². The van der Waals surface area contributed by atoms with Crippen LogP contribution < -0.4 is 21.5 Å². The van der Waals surface area contributed by atoms with Gasteiger partial charge < -0.3 is 10.6 Å². The average molecular weight is 395 g/mol. The van der Waals surface area contributed by atoms with Gasteiger partial charge in [-0.2, -0.15) is 0 Å². The second-order valence-corrected chi connectivity index (χ2v) is 6.27. The summed E-state index contributed by atoms with van der Waals surface area (Å²) in [6.07, 6.45) is 0. The quantitative estimate of drug-likeness (QED) is 0.540. The lowest BCUT2D eigenvalue weighted by atomic mass is 10.2. The number of amides is 4. The van der Waals surface area contributed by atoms with Crippen molar-refractivity contribution in [3.05, 3.63) is 57.2 Å². The lowest BCUT2D eigenvalue weighted by molar-refractivity contribution is -0.125. The molecule has 0 radical (unpaired) electrons. The maximum absolute atomic E-state index is 11.9. The fraction of sp³-hybridized carbons (Fsp3) is 0.125. The van der Waals surface area contributed by atoms with Crippen LogP contribution >= 0.6 is 22.9 Å². The van der Waals surface area contributed by atoms with Gasteiger partial charge in [0.2, 0.25) is 5.91 Å². The van der Waals surface area contributed by atoms with E-state index in [4.69, 9.17) is 11.6 Å². The molecule has 2 rings (SSSR count). The molecule has 0 unspecified atom stereocenters. The Kier molecular flexibility index (Phi) is 7.12. The van der Waals surface area contributed by atoms with Gasteiger partial charge in [0.05, 0.1) is 28.6 Å². The van der Waals surface area contributed by atoms with Crippen LogP contribution in [0.25, 0.3) is 0 Å². The second-order valence-electron chi connectivity index (χ2n) is 4.92. The Balaban J connectivity index is 1.66. The van der Waals surface area contributed by atoms with Crippen molar-refractivity contribution in [2.24, 2.45) is 0 Å².